The molecule has 3 aromatic carbocycles. The molecule has 0 spiro atoms. The van der Waals surface area contributed by atoms with E-state index in [0.717, 1.165) is 22.3 Å². The minimum atomic E-state index is -1.03. The summed E-state index contributed by atoms with van der Waals surface area (Å²) in [5, 5.41) is 29.3. The van der Waals surface area contributed by atoms with Crippen molar-refractivity contribution in [2.75, 3.05) is 20.2 Å². The van der Waals surface area contributed by atoms with E-state index in [1.54, 1.807) is 7.05 Å². The lowest BCUT2D eigenvalue weighted by Crippen LogP contribution is -2.32. The fraction of sp³-hybridized carbons (Fsp3) is 0.208. The number of carbonyl (C=O) groups excluding carboxylic acids is 1. The molecule has 0 heterocycles. The molecule has 0 aliphatic heterocycles. The van der Waals surface area contributed by atoms with Crippen LogP contribution in [-0.2, 0) is 4.74 Å². The summed E-state index contributed by atoms with van der Waals surface area (Å²) in [6, 6.07) is 20.3. The summed E-state index contributed by atoms with van der Waals surface area (Å²) in [7, 11) is 1.54. The van der Waals surface area contributed by atoms with Crippen LogP contribution in [0.25, 0.3) is 11.1 Å². The molecular weight excluding hydrogens is 382 g/mol. The summed E-state index contributed by atoms with van der Waals surface area (Å²) in [5.41, 5.74) is 4.97. The predicted molar refractivity (Wildman–Crippen MR) is 112 cm³/mol. The lowest BCUT2D eigenvalue weighted by Gasteiger charge is -2.22. The number of benzene rings is 3. The van der Waals surface area contributed by atoms with Gasteiger partial charge in [0.05, 0.1) is 12.6 Å². The van der Waals surface area contributed by atoms with Crippen LogP contribution in [0.3, 0.4) is 0 Å². The van der Waals surface area contributed by atoms with Crippen LogP contribution in [0, 0.1) is 0 Å². The molecule has 0 saturated heterocycles. The van der Waals surface area contributed by atoms with Crippen molar-refractivity contribution in [3.05, 3.63) is 83.4 Å². The van der Waals surface area contributed by atoms with E-state index in [0.29, 0.717) is 5.56 Å². The van der Waals surface area contributed by atoms with Gasteiger partial charge in [0, 0.05) is 13.0 Å². The number of phenolic OH excluding ortho intramolecular Hbond substituents is 2. The topological polar surface area (TPSA) is 90.2 Å². The molecule has 0 saturated carbocycles. The summed E-state index contributed by atoms with van der Waals surface area (Å²) in [4.78, 5) is 13.8. The van der Waals surface area contributed by atoms with Crippen LogP contribution in [0.1, 0.15) is 28.7 Å². The third-order valence-electron chi connectivity index (χ3n) is 5.48. The second kappa shape index (κ2) is 8.08. The first-order chi connectivity index (χ1) is 14.5. The van der Waals surface area contributed by atoms with Crippen LogP contribution < -0.4 is 0 Å². The normalized spacial score (nSPS) is 13.4. The Kier molecular flexibility index (Phi) is 5.33. The van der Waals surface area contributed by atoms with E-state index >= 15 is 0 Å². The second-order valence-corrected chi connectivity index (χ2v) is 7.45. The molecule has 30 heavy (non-hydrogen) atoms. The Morgan fingerprint density at radius 3 is 2.17 bits per heavy atom. The Labute approximate surface area is 174 Å². The van der Waals surface area contributed by atoms with Crippen molar-refractivity contribution in [2.45, 2.75) is 12.0 Å². The largest absolute Gasteiger partial charge is 0.504 e. The average molecular weight is 405 g/mol. The van der Waals surface area contributed by atoms with Crippen molar-refractivity contribution in [1.29, 1.82) is 0 Å². The van der Waals surface area contributed by atoms with E-state index in [4.69, 9.17) is 4.74 Å². The zero-order chi connectivity index (χ0) is 21.3. The van der Waals surface area contributed by atoms with Crippen molar-refractivity contribution in [2.24, 2.45) is 0 Å². The van der Waals surface area contributed by atoms with Gasteiger partial charge in [-0.1, -0.05) is 54.6 Å². The van der Waals surface area contributed by atoms with Crippen molar-refractivity contribution >= 4 is 6.09 Å². The molecule has 1 aliphatic rings. The van der Waals surface area contributed by atoms with Crippen LogP contribution in [-0.4, -0.2) is 46.5 Å². The highest BCUT2D eigenvalue weighted by Gasteiger charge is 2.29. The number of carbonyl (C=O) groups is 1. The number of amides is 1. The Morgan fingerprint density at radius 1 is 0.967 bits per heavy atom. The standard InChI is InChI=1S/C24H23NO5/c1-25(13-23(28)15-10-11-21(26)22(27)12-15)24(29)30-14-20-18-8-4-2-6-16(18)17-7-3-5-9-19(17)20/h2-12,20,23,26-28H,13-14H2,1H3. The lowest BCUT2D eigenvalue weighted by molar-refractivity contribution is 0.0813. The molecule has 3 aromatic rings. The molecule has 1 atom stereocenters. The predicted octanol–water partition coefficient (Wildman–Crippen LogP) is 4.01. The highest BCUT2D eigenvalue weighted by Crippen LogP contribution is 2.44. The number of phenols is 2. The van der Waals surface area contributed by atoms with E-state index < -0.39 is 12.2 Å². The number of rotatable bonds is 5. The molecule has 6 nitrogen and oxygen atoms in total. The first-order valence-corrected chi connectivity index (χ1v) is 9.71. The van der Waals surface area contributed by atoms with Gasteiger partial charge in [-0.05, 0) is 39.9 Å². The second-order valence-electron chi connectivity index (χ2n) is 7.45. The molecule has 1 amide bonds. The first kappa shape index (κ1) is 19.8. The Balaban J connectivity index is 1.41. The van der Waals surface area contributed by atoms with Gasteiger partial charge >= 0.3 is 6.09 Å². The molecule has 6 heteroatoms. The fourth-order valence-electron chi connectivity index (χ4n) is 3.89. The molecule has 4 rings (SSSR count). The van der Waals surface area contributed by atoms with Crippen molar-refractivity contribution in [1.82, 2.24) is 4.90 Å². The number of hydrogen-bond donors (Lipinski definition) is 3. The quantitative estimate of drug-likeness (QED) is 0.558. The van der Waals surface area contributed by atoms with Crippen LogP contribution >= 0.6 is 0 Å². The van der Waals surface area contributed by atoms with E-state index in [-0.39, 0.29) is 30.6 Å². The van der Waals surface area contributed by atoms with Gasteiger partial charge in [0.2, 0.25) is 0 Å². The van der Waals surface area contributed by atoms with E-state index in [1.165, 1.54) is 23.1 Å². The first-order valence-electron chi connectivity index (χ1n) is 9.71. The zero-order valence-corrected chi connectivity index (χ0v) is 16.5. The summed E-state index contributed by atoms with van der Waals surface area (Å²) in [6.45, 7) is 0.189. The molecule has 0 fully saturated rings. The van der Waals surface area contributed by atoms with E-state index in [9.17, 15) is 20.1 Å². The Morgan fingerprint density at radius 2 is 1.57 bits per heavy atom. The average Bonchev–Trinajstić information content (AvgIpc) is 3.07. The summed E-state index contributed by atoms with van der Waals surface area (Å²) >= 11 is 0. The van der Waals surface area contributed by atoms with Crippen molar-refractivity contribution in [3.8, 4) is 22.6 Å². The van der Waals surface area contributed by atoms with Crippen molar-refractivity contribution < 1.29 is 24.9 Å². The maximum Gasteiger partial charge on any atom is 0.409 e. The lowest BCUT2D eigenvalue weighted by atomic mass is 9.98. The SMILES string of the molecule is CN(CC(O)c1ccc(O)c(O)c1)C(=O)OCC1c2ccccc2-c2ccccc21. The number of likely N-dealkylation sites (N-methyl/N-ethyl adjacent to an activating group) is 1. The van der Waals surface area contributed by atoms with Crippen LogP contribution in [0.2, 0.25) is 0 Å². The molecule has 0 bridgehead atoms. The Hall–Kier alpha value is -3.51. The highest BCUT2D eigenvalue weighted by atomic mass is 16.6. The van der Waals surface area contributed by atoms with Gasteiger partial charge in [0.1, 0.15) is 6.61 Å². The molecule has 1 unspecified atom stereocenters. The maximum atomic E-state index is 12.5. The van der Waals surface area contributed by atoms with Gasteiger partial charge in [0.15, 0.2) is 11.5 Å². The number of aliphatic hydroxyl groups is 1. The van der Waals surface area contributed by atoms with Gasteiger partial charge in [-0.25, -0.2) is 4.79 Å². The van der Waals surface area contributed by atoms with E-state index in [2.05, 4.69) is 24.3 Å². The zero-order valence-electron chi connectivity index (χ0n) is 16.5. The van der Waals surface area contributed by atoms with Crippen molar-refractivity contribution in [3.63, 3.8) is 0 Å². The molecule has 0 aromatic heterocycles. The summed E-state index contributed by atoms with van der Waals surface area (Å²) < 4.78 is 5.57. The number of nitrogens with zero attached hydrogens (tertiary/aromatic N) is 1. The van der Waals surface area contributed by atoms with Gasteiger partial charge in [-0.3, -0.25) is 0 Å². The van der Waals surface area contributed by atoms with Crippen LogP contribution in [0.4, 0.5) is 4.79 Å². The van der Waals surface area contributed by atoms with E-state index in [1.807, 2.05) is 24.3 Å². The summed E-state index contributed by atoms with van der Waals surface area (Å²) in [5.74, 6) is -0.625. The number of ether oxygens (including phenoxy) is 1. The minimum absolute atomic E-state index is 0.0130. The monoisotopic (exact) mass is 405 g/mol. The van der Waals surface area contributed by atoms with Gasteiger partial charge < -0.3 is 25.0 Å². The molecule has 3 N–H and O–H groups in total. The van der Waals surface area contributed by atoms with Crippen LogP contribution in [0.5, 0.6) is 11.5 Å². The highest BCUT2D eigenvalue weighted by molar-refractivity contribution is 5.79. The fourth-order valence-corrected chi connectivity index (χ4v) is 3.89. The molecule has 0 radical (unpaired) electrons. The maximum absolute atomic E-state index is 12.5. The Bertz CT molecular complexity index is 1040. The third-order valence-corrected chi connectivity index (χ3v) is 5.48. The number of aromatic hydroxyl groups is 2. The molecular formula is C24H23NO5. The van der Waals surface area contributed by atoms with Gasteiger partial charge in [-0.2, -0.15) is 0 Å². The number of fused-ring (bicyclic) bond motifs is 3. The van der Waals surface area contributed by atoms with Gasteiger partial charge in [0.25, 0.3) is 0 Å². The smallest absolute Gasteiger partial charge is 0.409 e. The van der Waals surface area contributed by atoms with Gasteiger partial charge in [-0.15, -0.1) is 0 Å². The minimum Gasteiger partial charge on any atom is -0.504 e. The number of hydrogen-bond acceptors (Lipinski definition) is 5. The molecule has 154 valence electrons. The molecule has 1 aliphatic carbocycles. The summed E-state index contributed by atoms with van der Waals surface area (Å²) in [6.07, 6.45) is -1.57. The third kappa shape index (κ3) is 3.69. The number of aliphatic hydroxyl groups excluding tert-OH is 1. The van der Waals surface area contributed by atoms with Crippen LogP contribution in [0.15, 0.2) is 66.7 Å².